The molecule has 0 saturated carbocycles. The molecule has 1 saturated heterocycles. The first-order valence-electron chi connectivity index (χ1n) is 7.20. The molecule has 1 aliphatic heterocycles. The minimum absolute atomic E-state index is 0.153. The molecule has 0 aromatic heterocycles. The lowest BCUT2D eigenvalue weighted by Crippen LogP contribution is -2.31. The second-order valence-corrected chi connectivity index (χ2v) is 4.95. The van der Waals surface area contributed by atoms with Crippen LogP contribution in [0.2, 0.25) is 0 Å². The number of rotatable bonds is 5. The third-order valence-corrected chi connectivity index (χ3v) is 3.45. The molecular weight excluding hydrogens is 270 g/mol. The SMILES string of the molecule is CCOC(=O)CNC(=O)c1cc(N2CCCC2)ccc1N. The van der Waals surface area contributed by atoms with Crippen LogP contribution in [-0.2, 0) is 9.53 Å². The number of carbonyl (C=O) groups is 2. The molecule has 0 unspecified atom stereocenters. The van der Waals surface area contributed by atoms with E-state index in [-0.39, 0.29) is 12.5 Å². The largest absolute Gasteiger partial charge is 0.465 e. The van der Waals surface area contributed by atoms with Crippen LogP contribution in [0.3, 0.4) is 0 Å². The van der Waals surface area contributed by atoms with E-state index in [0.717, 1.165) is 31.6 Å². The summed E-state index contributed by atoms with van der Waals surface area (Å²) in [6.07, 6.45) is 2.32. The van der Waals surface area contributed by atoms with Crippen LogP contribution in [-0.4, -0.2) is 38.1 Å². The fourth-order valence-corrected chi connectivity index (χ4v) is 2.37. The summed E-state index contributed by atoms with van der Waals surface area (Å²) in [4.78, 5) is 25.6. The van der Waals surface area contributed by atoms with Crippen molar-refractivity contribution in [1.82, 2.24) is 5.32 Å². The Bertz CT molecular complexity index is 525. The van der Waals surface area contributed by atoms with Crippen molar-refractivity contribution in [2.45, 2.75) is 19.8 Å². The lowest BCUT2D eigenvalue weighted by molar-refractivity contribution is -0.141. The summed E-state index contributed by atoms with van der Waals surface area (Å²) in [5, 5.41) is 2.53. The van der Waals surface area contributed by atoms with Crippen LogP contribution in [0.5, 0.6) is 0 Å². The van der Waals surface area contributed by atoms with Crippen molar-refractivity contribution in [2.75, 3.05) is 36.9 Å². The van der Waals surface area contributed by atoms with Gasteiger partial charge in [0, 0.05) is 24.5 Å². The maximum Gasteiger partial charge on any atom is 0.325 e. The van der Waals surface area contributed by atoms with E-state index in [1.807, 2.05) is 6.07 Å². The smallest absolute Gasteiger partial charge is 0.325 e. The lowest BCUT2D eigenvalue weighted by Gasteiger charge is -2.19. The number of hydrogen-bond acceptors (Lipinski definition) is 5. The highest BCUT2D eigenvalue weighted by atomic mass is 16.5. The third kappa shape index (κ3) is 3.87. The van der Waals surface area contributed by atoms with Crippen LogP contribution in [0.15, 0.2) is 18.2 Å². The summed E-state index contributed by atoms with van der Waals surface area (Å²) >= 11 is 0. The molecule has 114 valence electrons. The number of nitrogens with zero attached hydrogens (tertiary/aromatic N) is 1. The Kier molecular flexibility index (Phi) is 5.03. The third-order valence-electron chi connectivity index (χ3n) is 3.45. The lowest BCUT2D eigenvalue weighted by atomic mass is 10.1. The van der Waals surface area contributed by atoms with Crippen molar-refractivity contribution in [3.8, 4) is 0 Å². The van der Waals surface area contributed by atoms with Crippen molar-refractivity contribution in [3.63, 3.8) is 0 Å². The number of carbonyl (C=O) groups excluding carboxylic acids is 2. The summed E-state index contributed by atoms with van der Waals surface area (Å²) in [7, 11) is 0. The molecule has 2 rings (SSSR count). The Labute approximate surface area is 124 Å². The summed E-state index contributed by atoms with van der Waals surface area (Å²) in [5.41, 5.74) is 7.64. The molecule has 1 aliphatic rings. The van der Waals surface area contributed by atoms with Gasteiger partial charge in [0.05, 0.1) is 12.2 Å². The molecule has 1 fully saturated rings. The molecule has 0 aliphatic carbocycles. The van der Waals surface area contributed by atoms with Gasteiger partial charge in [0.1, 0.15) is 6.54 Å². The first-order valence-corrected chi connectivity index (χ1v) is 7.20. The number of ether oxygens (including phenoxy) is 1. The maximum atomic E-state index is 12.1. The number of nitrogens with one attached hydrogen (secondary N) is 1. The van der Waals surface area contributed by atoms with Crippen molar-refractivity contribution in [3.05, 3.63) is 23.8 Å². The number of nitrogens with two attached hydrogens (primary N) is 1. The number of hydrogen-bond donors (Lipinski definition) is 2. The summed E-state index contributed by atoms with van der Waals surface area (Å²) in [5.74, 6) is -0.818. The highest BCUT2D eigenvalue weighted by molar-refractivity contribution is 6.01. The van der Waals surface area contributed by atoms with Gasteiger partial charge in [-0.05, 0) is 38.0 Å². The van der Waals surface area contributed by atoms with E-state index in [1.165, 1.54) is 0 Å². The molecule has 1 aromatic carbocycles. The van der Waals surface area contributed by atoms with Gasteiger partial charge in [0.2, 0.25) is 0 Å². The van der Waals surface area contributed by atoms with Crippen LogP contribution in [0.4, 0.5) is 11.4 Å². The molecule has 0 spiro atoms. The van der Waals surface area contributed by atoms with Gasteiger partial charge in [0.25, 0.3) is 5.91 Å². The van der Waals surface area contributed by atoms with E-state index in [0.29, 0.717) is 17.9 Å². The van der Waals surface area contributed by atoms with Gasteiger partial charge in [0.15, 0.2) is 0 Å². The van der Waals surface area contributed by atoms with Gasteiger partial charge >= 0.3 is 5.97 Å². The predicted molar refractivity (Wildman–Crippen MR) is 81.3 cm³/mol. The van der Waals surface area contributed by atoms with E-state index in [9.17, 15) is 9.59 Å². The van der Waals surface area contributed by atoms with Crippen molar-refractivity contribution >= 4 is 23.3 Å². The second-order valence-electron chi connectivity index (χ2n) is 4.95. The zero-order chi connectivity index (χ0) is 15.2. The van der Waals surface area contributed by atoms with E-state index in [2.05, 4.69) is 10.2 Å². The average molecular weight is 291 g/mol. The minimum Gasteiger partial charge on any atom is -0.465 e. The molecule has 1 aromatic rings. The van der Waals surface area contributed by atoms with Gasteiger partial charge in [-0.2, -0.15) is 0 Å². The monoisotopic (exact) mass is 291 g/mol. The number of amides is 1. The molecule has 6 nitrogen and oxygen atoms in total. The molecule has 0 atom stereocenters. The van der Waals surface area contributed by atoms with Crippen LogP contribution < -0.4 is 16.0 Å². The molecule has 0 bridgehead atoms. The van der Waals surface area contributed by atoms with Crippen molar-refractivity contribution in [1.29, 1.82) is 0 Å². The molecular formula is C15H21N3O3. The van der Waals surface area contributed by atoms with Gasteiger partial charge in [-0.15, -0.1) is 0 Å². The molecule has 3 N–H and O–H groups in total. The van der Waals surface area contributed by atoms with E-state index in [1.54, 1.807) is 19.1 Å². The Balaban J connectivity index is 2.05. The van der Waals surface area contributed by atoms with Crippen LogP contribution in [0.25, 0.3) is 0 Å². The van der Waals surface area contributed by atoms with Crippen molar-refractivity contribution < 1.29 is 14.3 Å². The number of anilines is 2. The summed E-state index contributed by atoms with van der Waals surface area (Å²) in [6.45, 7) is 3.85. The van der Waals surface area contributed by atoms with E-state index < -0.39 is 5.97 Å². The Morgan fingerprint density at radius 2 is 2.05 bits per heavy atom. The Morgan fingerprint density at radius 3 is 2.71 bits per heavy atom. The van der Waals surface area contributed by atoms with Crippen LogP contribution in [0, 0.1) is 0 Å². The van der Waals surface area contributed by atoms with Crippen molar-refractivity contribution in [2.24, 2.45) is 0 Å². The topological polar surface area (TPSA) is 84.7 Å². The summed E-state index contributed by atoms with van der Waals surface area (Å²) in [6, 6.07) is 5.43. The molecule has 1 amide bonds. The standard InChI is InChI=1S/C15H21N3O3/c1-2-21-14(19)10-17-15(20)12-9-11(5-6-13(12)16)18-7-3-4-8-18/h5-6,9H,2-4,7-8,10,16H2,1H3,(H,17,20). The van der Waals surface area contributed by atoms with E-state index in [4.69, 9.17) is 10.5 Å². The Morgan fingerprint density at radius 1 is 1.33 bits per heavy atom. The maximum absolute atomic E-state index is 12.1. The molecule has 21 heavy (non-hydrogen) atoms. The molecule has 6 heteroatoms. The fraction of sp³-hybridized carbons (Fsp3) is 0.467. The first kappa shape index (κ1) is 15.2. The minimum atomic E-state index is -0.458. The first-order chi connectivity index (χ1) is 10.1. The normalized spacial score (nSPS) is 14.0. The van der Waals surface area contributed by atoms with Gasteiger partial charge in [-0.3, -0.25) is 9.59 Å². The van der Waals surface area contributed by atoms with Gasteiger partial charge in [-0.25, -0.2) is 0 Å². The van der Waals surface area contributed by atoms with Gasteiger partial charge in [-0.1, -0.05) is 0 Å². The number of esters is 1. The quantitative estimate of drug-likeness (QED) is 0.628. The van der Waals surface area contributed by atoms with E-state index >= 15 is 0 Å². The van der Waals surface area contributed by atoms with Crippen LogP contribution in [0.1, 0.15) is 30.1 Å². The molecule has 0 radical (unpaired) electrons. The zero-order valence-corrected chi connectivity index (χ0v) is 12.2. The summed E-state index contributed by atoms with van der Waals surface area (Å²) < 4.78 is 4.77. The highest BCUT2D eigenvalue weighted by Gasteiger charge is 2.17. The molecule has 1 heterocycles. The van der Waals surface area contributed by atoms with Crippen LogP contribution >= 0.6 is 0 Å². The highest BCUT2D eigenvalue weighted by Crippen LogP contribution is 2.24. The zero-order valence-electron chi connectivity index (χ0n) is 12.2. The predicted octanol–water partition coefficient (Wildman–Crippen LogP) is 1.16. The second kappa shape index (κ2) is 6.97. The number of nitrogen functional groups attached to an aromatic ring is 1. The number of benzene rings is 1. The fourth-order valence-electron chi connectivity index (χ4n) is 2.37. The average Bonchev–Trinajstić information content (AvgIpc) is 3.00. The van der Waals surface area contributed by atoms with Gasteiger partial charge < -0.3 is 20.7 Å². The Hall–Kier alpha value is -2.24.